The van der Waals surface area contributed by atoms with Crippen LogP contribution in [0.5, 0.6) is 0 Å². The molecule has 0 fully saturated rings. The normalized spacial score (nSPS) is 11.2. The summed E-state index contributed by atoms with van der Waals surface area (Å²) in [4.78, 5) is 17.3. The maximum absolute atomic E-state index is 12.2. The molecule has 1 aromatic carbocycles. The molecule has 2 heterocycles. The number of nitrogens with zero attached hydrogens (tertiary/aromatic N) is 2. The van der Waals surface area contributed by atoms with Gasteiger partial charge in [-0.1, -0.05) is 29.3 Å². The molecule has 0 bridgehead atoms. The number of anilines is 1. The van der Waals surface area contributed by atoms with E-state index in [0.717, 1.165) is 10.4 Å². The van der Waals surface area contributed by atoms with E-state index >= 15 is 0 Å². The van der Waals surface area contributed by atoms with Gasteiger partial charge in [-0.05, 0) is 29.8 Å². The van der Waals surface area contributed by atoms with Gasteiger partial charge < -0.3 is 4.42 Å². The summed E-state index contributed by atoms with van der Waals surface area (Å²) in [5, 5.41) is 13.3. The van der Waals surface area contributed by atoms with E-state index in [1.807, 2.05) is 12.1 Å². The molecule has 1 amide bonds. The van der Waals surface area contributed by atoms with Gasteiger partial charge in [0, 0.05) is 33.6 Å². The predicted octanol–water partition coefficient (Wildman–Crippen LogP) is 5.18. The molecule has 0 atom stereocenters. The second-order valence-corrected chi connectivity index (χ2v) is 7.14. The average molecular weight is 404 g/mol. The second-order valence-electron chi connectivity index (χ2n) is 5.18. The van der Waals surface area contributed by atoms with Crippen LogP contribution in [-0.4, -0.2) is 10.9 Å². The molecular weight excluding hydrogens is 393 g/mol. The lowest BCUT2D eigenvalue weighted by Crippen LogP contribution is -2.13. The Kier molecular flexibility index (Phi) is 5.74. The standard InChI is InChI=1S/C18H11Cl2N3O2S/c19-13-4-3-11(16(20)8-13)7-15-10-22-18(26-15)23-17(24)12(9-21)6-14-2-1-5-25-14/h1-6,8,10H,7H2,(H,22,23,24)/b12-6+. The van der Waals surface area contributed by atoms with Crippen LogP contribution < -0.4 is 5.32 Å². The third-order valence-electron chi connectivity index (χ3n) is 3.35. The first-order valence-corrected chi connectivity index (χ1v) is 8.97. The lowest BCUT2D eigenvalue weighted by molar-refractivity contribution is -0.112. The van der Waals surface area contributed by atoms with Gasteiger partial charge in [-0.3, -0.25) is 10.1 Å². The Balaban J connectivity index is 1.70. The van der Waals surface area contributed by atoms with Crippen LogP contribution in [0.3, 0.4) is 0 Å². The van der Waals surface area contributed by atoms with Crippen LogP contribution in [0.1, 0.15) is 16.2 Å². The average Bonchev–Trinajstić information content (AvgIpc) is 3.27. The summed E-state index contributed by atoms with van der Waals surface area (Å²) in [6, 6.07) is 10.5. The number of aromatic nitrogens is 1. The molecule has 0 spiro atoms. The number of thiazole rings is 1. The zero-order valence-electron chi connectivity index (χ0n) is 13.2. The number of benzene rings is 1. The first-order valence-electron chi connectivity index (χ1n) is 7.40. The summed E-state index contributed by atoms with van der Waals surface area (Å²) in [5.74, 6) is -0.122. The molecule has 0 radical (unpaired) electrons. The molecule has 130 valence electrons. The van der Waals surface area contributed by atoms with Gasteiger partial charge in [0.15, 0.2) is 5.13 Å². The zero-order valence-corrected chi connectivity index (χ0v) is 15.5. The second kappa shape index (κ2) is 8.19. The smallest absolute Gasteiger partial charge is 0.268 e. The number of hydrogen-bond acceptors (Lipinski definition) is 5. The van der Waals surface area contributed by atoms with Crippen molar-refractivity contribution in [3.05, 3.63) is 74.6 Å². The summed E-state index contributed by atoms with van der Waals surface area (Å²) in [5.41, 5.74) is 0.838. The Morgan fingerprint density at radius 2 is 2.23 bits per heavy atom. The van der Waals surface area contributed by atoms with Crippen molar-refractivity contribution in [1.82, 2.24) is 4.98 Å². The summed E-state index contributed by atoms with van der Waals surface area (Å²) in [6.07, 6.45) is 5.06. The minimum absolute atomic E-state index is 0.0718. The topological polar surface area (TPSA) is 78.9 Å². The van der Waals surface area contributed by atoms with E-state index < -0.39 is 5.91 Å². The van der Waals surface area contributed by atoms with Crippen LogP contribution >= 0.6 is 34.5 Å². The number of furan rings is 1. The molecule has 26 heavy (non-hydrogen) atoms. The van der Waals surface area contributed by atoms with Crippen molar-refractivity contribution in [1.29, 1.82) is 5.26 Å². The lowest BCUT2D eigenvalue weighted by Gasteiger charge is -2.02. The summed E-state index contributed by atoms with van der Waals surface area (Å²) < 4.78 is 5.11. The summed E-state index contributed by atoms with van der Waals surface area (Å²) >= 11 is 13.4. The van der Waals surface area contributed by atoms with E-state index in [4.69, 9.17) is 32.9 Å². The van der Waals surface area contributed by atoms with Gasteiger partial charge >= 0.3 is 0 Å². The molecule has 5 nitrogen and oxygen atoms in total. The Hall–Kier alpha value is -2.59. The number of halogens is 2. The fraction of sp³-hybridized carbons (Fsp3) is 0.0556. The number of carbonyl (C=O) groups is 1. The van der Waals surface area contributed by atoms with Crippen LogP contribution in [0, 0.1) is 11.3 Å². The molecule has 2 aromatic heterocycles. The molecule has 1 N–H and O–H groups in total. The molecular formula is C18H11Cl2N3O2S. The molecule has 0 aliphatic carbocycles. The summed E-state index contributed by atoms with van der Waals surface area (Å²) in [6.45, 7) is 0. The predicted molar refractivity (Wildman–Crippen MR) is 102 cm³/mol. The Morgan fingerprint density at radius 1 is 1.38 bits per heavy atom. The van der Waals surface area contributed by atoms with Crippen molar-refractivity contribution in [2.75, 3.05) is 5.32 Å². The van der Waals surface area contributed by atoms with Gasteiger partial charge in [0.1, 0.15) is 17.4 Å². The molecule has 8 heteroatoms. The fourth-order valence-corrected chi connectivity index (χ4v) is 3.43. The van der Waals surface area contributed by atoms with Gasteiger partial charge in [-0.25, -0.2) is 4.98 Å². The monoisotopic (exact) mass is 403 g/mol. The maximum Gasteiger partial charge on any atom is 0.268 e. The van der Waals surface area contributed by atoms with E-state index in [0.29, 0.717) is 27.4 Å². The van der Waals surface area contributed by atoms with Crippen molar-refractivity contribution in [2.45, 2.75) is 6.42 Å². The number of hydrogen-bond donors (Lipinski definition) is 1. The molecule has 0 saturated carbocycles. The van der Waals surface area contributed by atoms with Gasteiger partial charge in [-0.15, -0.1) is 11.3 Å². The fourth-order valence-electron chi connectivity index (χ4n) is 2.13. The van der Waals surface area contributed by atoms with Crippen molar-refractivity contribution in [3.8, 4) is 6.07 Å². The molecule has 0 saturated heterocycles. The van der Waals surface area contributed by atoms with Gasteiger partial charge in [0.2, 0.25) is 0 Å². The summed E-state index contributed by atoms with van der Waals surface area (Å²) in [7, 11) is 0. The number of nitriles is 1. The highest BCUT2D eigenvalue weighted by Gasteiger charge is 2.13. The zero-order chi connectivity index (χ0) is 18.5. The van der Waals surface area contributed by atoms with Crippen molar-refractivity contribution >= 4 is 51.7 Å². The van der Waals surface area contributed by atoms with Crippen LogP contribution in [0.15, 0.2) is 52.8 Å². The highest BCUT2D eigenvalue weighted by molar-refractivity contribution is 7.15. The first-order chi connectivity index (χ1) is 12.5. The minimum Gasteiger partial charge on any atom is -0.465 e. The van der Waals surface area contributed by atoms with E-state index in [1.54, 1.807) is 30.5 Å². The van der Waals surface area contributed by atoms with Crippen LogP contribution in [0.2, 0.25) is 10.0 Å². The van der Waals surface area contributed by atoms with Gasteiger partial charge in [0.05, 0.1) is 6.26 Å². The number of carbonyl (C=O) groups excluding carboxylic acids is 1. The number of amides is 1. The Bertz CT molecular complexity index is 1000. The van der Waals surface area contributed by atoms with Crippen LogP contribution in [0.25, 0.3) is 6.08 Å². The lowest BCUT2D eigenvalue weighted by atomic mass is 10.1. The highest BCUT2D eigenvalue weighted by Crippen LogP contribution is 2.27. The number of nitrogens with one attached hydrogen (secondary N) is 1. The van der Waals surface area contributed by atoms with Gasteiger partial charge in [-0.2, -0.15) is 5.26 Å². The van der Waals surface area contributed by atoms with Crippen LogP contribution in [-0.2, 0) is 11.2 Å². The minimum atomic E-state index is -0.547. The third-order valence-corrected chi connectivity index (χ3v) is 4.85. The Labute approximate surface area is 163 Å². The Morgan fingerprint density at radius 3 is 2.92 bits per heavy atom. The molecule has 0 aliphatic rings. The SMILES string of the molecule is N#C/C(=C\c1ccco1)C(=O)Nc1ncc(Cc2ccc(Cl)cc2Cl)s1. The largest absolute Gasteiger partial charge is 0.465 e. The third kappa shape index (κ3) is 4.52. The molecule has 0 aliphatic heterocycles. The quantitative estimate of drug-likeness (QED) is 0.470. The van der Waals surface area contributed by atoms with Crippen molar-refractivity contribution in [2.24, 2.45) is 0 Å². The van der Waals surface area contributed by atoms with E-state index in [9.17, 15) is 4.79 Å². The maximum atomic E-state index is 12.2. The molecule has 3 aromatic rings. The van der Waals surface area contributed by atoms with E-state index in [-0.39, 0.29) is 5.57 Å². The first kappa shape index (κ1) is 18.2. The van der Waals surface area contributed by atoms with Gasteiger partial charge in [0.25, 0.3) is 5.91 Å². The van der Waals surface area contributed by atoms with Crippen molar-refractivity contribution in [3.63, 3.8) is 0 Å². The van der Waals surface area contributed by atoms with E-state index in [1.165, 1.54) is 23.7 Å². The highest BCUT2D eigenvalue weighted by atomic mass is 35.5. The number of rotatable bonds is 5. The molecule has 3 rings (SSSR count). The van der Waals surface area contributed by atoms with Crippen LogP contribution in [0.4, 0.5) is 5.13 Å². The molecule has 0 unspecified atom stereocenters. The van der Waals surface area contributed by atoms with E-state index in [2.05, 4.69) is 10.3 Å². The van der Waals surface area contributed by atoms with Crippen molar-refractivity contribution < 1.29 is 9.21 Å².